The monoisotopic (exact) mass is 239 g/mol. The second-order valence-electron chi connectivity index (χ2n) is 4.33. The summed E-state index contributed by atoms with van der Waals surface area (Å²) >= 11 is 0. The molecule has 17 heavy (non-hydrogen) atoms. The quantitative estimate of drug-likeness (QED) is 0.670. The minimum absolute atomic E-state index is 0.524. The topological polar surface area (TPSA) is 43.6 Å². The van der Waals surface area contributed by atoms with E-state index in [1.54, 1.807) is 6.26 Å². The van der Waals surface area contributed by atoms with E-state index in [0.29, 0.717) is 19.8 Å². The van der Waals surface area contributed by atoms with Crippen LogP contribution < -0.4 is 5.32 Å². The van der Waals surface area contributed by atoms with E-state index < -0.39 is 0 Å². The van der Waals surface area contributed by atoms with Crippen molar-refractivity contribution in [3.8, 4) is 0 Å². The van der Waals surface area contributed by atoms with Crippen molar-refractivity contribution >= 4 is 0 Å². The molecule has 0 amide bonds. The van der Waals surface area contributed by atoms with Crippen molar-refractivity contribution in [3.63, 3.8) is 0 Å². The van der Waals surface area contributed by atoms with Crippen LogP contribution in [0.5, 0.6) is 0 Å². The number of ether oxygens (including phenoxy) is 2. The van der Waals surface area contributed by atoms with E-state index in [1.165, 1.54) is 18.4 Å². The normalized spacial score (nSPS) is 15.4. The largest absolute Gasteiger partial charge is 0.467 e. The molecule has 1 aromatic rings. The zero-order valence-corrected chi connectivity index (χ0v) is 10.4. The molecule has 0 saturated heterocycles. The summed E-state index contributed by atoms with van der Waals surface area (Å²) < 4.78 is 16.0. The summed E-state index contributed by atoms with van der Waals surface area (Å²) in [5.74, 6) is 0.883. The number of furan rings is 1. The summed E-state index contributed by atoms with van der Waals surface area (Å²) in [6, 6.07) is 2.78. The Labute approximate surface area is 102 Å². The summed E-state index contributed by atoms with van der Waals surface area (Å²) in [5.41, 5.74) is 1.19. The zero-order valence-electron chi connectivity index (χ0n) is 10.4. The van der Waals surface area contributed by atoms with Crippen molar-refractivity contribution in [2.24, 2.45) is 0 Å². The first kappa shape index (κ1) is 12.6. The van der Waals surface area contributed by atoms with E-state index >= 15 is 0 Å². The van der Waals surface area contributed by atoms with Crippen LogP contribution in [0.25, 0.3) is 0 Å². The Morgan fingerprint density at radius 2 is 2.18 bits per heavy atom. The molecule has 0 spiro atoms. The second-order valence-corrected chi connectivity index (χ2v) is 4.33. The molecular weight excluding hydrogens is 218 g/mol. The van der Waals surface area contributed by atoms with Crippen LogP contribution in [0.3, 0.4) is 0 Å². The van der Waals surface area contributed by atoms with Gasteiger partial charge in [0, 0.05) is 24.8 Å². The van der Waals surface area contributed by atoms with E-state index in [-0.39, 0.29) is 0 Å². The van der Waals surface area contributed by atoms with Crippen LogP contribution in [0.1, 0.15) is 31.1 Å². The van der Waals surface area contributed by atoms with Gasteiger partial charge in [-0.25, -0.2) is 0 Å². The van der Waals surface area contributed by atoms with Crippen LogP contribution >= 0.6 is 0 Å². The highest BCUT2D eigenvalue weighted by Gasteiger charge is 2.20. The predicted molar refractivity (Wildman–Crippen MR) is 64.7 cm³/mol. The molecule has 0 aliphatic heterocycles. The molecule has 2 rings (SSSR count). The van der Waals surface area contributed by atoms with E-state index in [2.05, 4.69) is 11.4 Å². The highest BCUT2D eigenvalue weighted by molar-refractivity contribution is 5.12. The highest BCUT2D eigenvalue weighted by atomic mass is 16.5. The summed E-state index contributed by atoms with van der Waals surface area (Å²) in [4.78, 5) is 0. The molecular formula is C13H21NO3. The van der Waals surface area contributed by atoms with Gasteiger partial charge in [0.15, 0.2) is 0 Å². The van der Waals surface area contributed by atoms with Crippen LogP contribution in [0.2, 0.25) is 0 Å². The van der Waals surface area contributed by atoms with E-state index in [0.717, 1.165) is 25.0 Å². The maximum atomic E-state index is 5.43. The Hall–Kier alpha value is -0.840. The first-order valence-electron chi connectivity index (χ1n) is 6.33. The minimum atomic E-state index is 0.524. The smallest absolute Gasteiger partial charge is 0.129 e. The highest BCUT2D eigenvalue weighted by Crippen LogP contribution is 2.19. The fraction of sp³-hybridized carbons (Fsp3) is 0.692. The molecule has 0 atom stereocenters. The molecule has 0 bridgehead atoms. The minimum Gasteiger partial charge on any atom is -0.467 e. The van der Waals surface area contributed by atoms with Crippen LogP contribution in [0.4, 0.5) is 0 Å². The average Bonchev–Trinajstić information content (AvgIpc) is 3.06. The molecule has 0 aromatic carbocycles. The average molecular weight is 239 g/mol. The standard InChI is InChI=1S/C13H21NO3/c1-2-15-5-6-16-10-13-7-11(9-17-13)8-14-12-3-4-12/h7,9,12,14H,2-6,8,10H2,1H3. The lowest BCUT2D eigenvalue weighted by Gasteiger charge is -2.01. The molecule has 96 valence electrons. The Balaban J connectivity index is 1.59. The molecule has 1 heterocycles. The fourth-order valence-electron chi connectivity index (χ4n) is 1.58. The van der Waals surface area contributed by atoms with Gasteiger partial charge < -0.3 is 19.2 Å². The van der Waals surface area contributed by atoms with E-state index in [4.69, 9.17) is 13.9 Å². The van der Waals surface area contributed by atoms with Gasteiger partial charge in [-0.05, 0) is 25.8 Å². The van der Waals surface area contributed by atoms with Crippen molar-refractivity contribution < 1.29 is 13.9 Å². The molecule has 0 radical (unpaired) electrons. The Morgan fingerprint density at radius 1 is 1.35 bits per heavy atom. The molecule has 1 fully saturated rings. The Morgan fingerprint density at radius 3 is 2.94 bits per heavy atom. The predicted octanol–water partition coefficient (Wildman–Crippen LogP) is 2.08. The summed E-state index contributed by atoms with van der Waals surface area (Å²) in [6.45, 7) is 5.40. The van der Waals surface area contributed by atoms with Crippen LogP contribution in [0.15, 0.2) is 16.7 Å². The van der Waals surface area contributed by atoms with Gasteiger partial charge in [-0.1, -0.05) is 0 Å². The Bertz CT molecular complexity index is 320. The van der Waals surface area contributed by atoms with Crippen molar-refractivity contribution in [2.75, 3.05) is 19.8 Å². The number of hydrogen-bond donors (Lipinski definition) is 1. The van der Waals surface area contributed by atoms with Gasteiger partial charge >= 0.3 is 0 Å². The van der Waals surface area contributed by atoms with Crippen molar-refractivity contribution in [1.29, 1.82) is 0 Å². The van der Waals surface area contributed by atoms with Crippen LogP contribution in [-0.4, -0.2) is 25.9 Å². The summed E-state index contributed by atoms with van der Waals surface area (Å²) in [7, 11) is 0. The fourth-order valence-corrected chi connectivity index (χ4v) is 1.58. The molecule has 1 saturated carbocycles. The molecule has 4 nitrogen and oxygen atoms in total. The van der Waals surface area contributed by atoms with Gasteiger partial charge in [0.1, 0.15) is 12.4 Å². The summed E-state index contributed by atoms with van der Waals surface area (Å²) in [6.07, 6.45) is 4.42. The third kappa shape index (κ3) is 4.89. The van der Waals surface area contributed by atoms with Crippen molar-refractivity contribution in [1.82, 2.24) is 5.32 Å². The van der Waals surface area contributed by atoms with Gasteiger partial charge in [-0.3, -0.25) is 0 Å². The van der Waals surface area contributed by atoms with Crippen molar-refractivity contribution in [2.45, 2.75) is 39.0 Å². The van der Waals surface area contributed by atoms with Gasteiger partial charge in [0.05, 0.1) is 19.5 Å². The van der Waals surface area contributed by atoms with Gasteiger partial charge in [-0.15, -0.1) is 0 Å². The van der Waals surface area contributed by atoms with Crippen LogP contribution in [0, 0.1) is 0 Å². The summed E-state index contributed by atoms with van der Waals surface area (Å²) in [5, 5.41) is 3.45. The third-order valence-electron chi connectivity index (χ3n) is 2.70. The Kier molecular flexibility index (Phi) is 5.04. The maximum absolute atomic E-state index is 5.43. The van der Waals surface area contributed by atoms with Crippen molar-refractivity contribution in [3.05, 3.63) is 23.7 Å². The first-order valence-corrected chi connectivity index (χ1v) is 6.33. The third-order valence-corrected chi connectivity index (χ3v) is 2.70. The van der Waals surface area contributed by atoms with E-state index in [1.807, 2.05) is 6.92 Å². The van der Waals surface area contributed by atoms with E-state index in [9.17, 15) is 0 Å². The SMILES string of the molecule is CCOCCOCc1cc(CNC2CC2)co1. The van der Waals surface area contributed by atoms with Gasteiger partial charge in [0.25, 0.3) is 0 Å². The lowest BCUT2D eigenvalue weighted by Crippen LogP contribution is -2.14. The lowest BCUT2D eigenvalue weighted by atomic mass is 10.3. The maximum Gasteiger partial charge on any atom is 0.129 e. The molecule has 4 heteroatoms. The van der Waals surface area contributed by atoms with Crippen LogP contribution in [-0.2, 0) is 22.6 Å². The number of nitrogens with one attached hydrogen (secondary N) is 1. The van der Waals surface area contributed by atoms with Gasteiger partial charge in [-0.2, -0.15) is 0 Å². The number of hydrogen-bond acceptors (Lipinski definition) is 4. The molecule has 1 aromatic heterocycles. The number of rotatable bonds is 9. The molecule has 0 unspecified atom stereocenters. The van der Waals surface area contributed by atoms with Gasteiger partial charge in [0.2, 0.25) is 0 Å². The second kappa shape index (κ2) is 6.79. The molecule has 1 aliphatic rings. The first-order chi connectivity index (χ1) is 8.38. The molecule has 1 aliphatic carbocycles. The molecule has 1 N–H and O–H groups in total. The lowest BCUT2D eigenvalue weighted by molar-refractivity contribution is 0.0390. The zero-order chi connectivity index (χ0) is 11.9.